The van der Waals surface area contributed by atoms with Crippen molar-refractivity contribution in [3.63, 3.8) is 0 Å². The van der Waals surface area contributed by atoms with E-state index >= 15 is 0 Å². The smallest absolute Gasteiger partial charge is 0.278 e. The van der Waals surface area contributed by atoms with Gasteiger partial charge in [-0.25, -0.2) is 0 Å². The molecule has 108 valence electrons. The van der Waals surface area contributed by atoms with Crippen LogP contribution in [0.15, 0.2) is 4.79 Å². The molecule has 20 heavy (non-hydrogen) atoms. The van der Waals surface area contributed by atoms with E-state index in [2.05, 4.69) is 20.3 Å². The number of alkyl halides is 1. The van der Waals surface area contributed by atoms with E-state index in [1.54, 1.807) is 0 Å². The van der Waals surface area contributed by atoms with Gasteiger partial charge in [-0.15, -0.1) is 11.6 Å². The van der Waals surface area contributed by atoms with Crippen LogP contribution in [0.1, 0.15) is 6.92 Å². The van der Waals surface area contributed by atoms with Crippen molar-refractivity contribution in [2.24, 2.45) is 0 Å². The molecule has 8 nitrogen and oxygen atoms in total. The molecule has 0 fully saturated rings. The molecule has 2 aromatic heterocycles. The maximum absolute atomic E-state index is 12.0. The number of aromatic nitrogens is 4. The number of aromatic amines is 1. The number of nitrogens with one attached hydrogen (secondary N) is 2. The number of H-pyrrole nitrogens is 1. The number of carbonyl (C=O) groups excluding carboxylic acids is 1. The van der Waals surface area contributed by atoms with Gasteiger partial charge in [0.1, 0.15) is 6.73 Å². The van der Waals surface area contributed by atoms with Crippen LogP contribution in [-0.4, -0.2) is 37.9 Å². The molecule has 0 radical (unpaired) electrons. The maximum Gasteiger partial charge on any atom is 0.278 e. The fraction of sp³-hybridized carbons (Fsp3) is 0.400. The number of fused-ring (bicyclic) bond motifs is 1. The van der Waals surface area contributed by atoms with E-state index in [0.717, 1.165) is 0 Å². The molecule has 2 heterocycles. The molecular formula is C10H11Cl2N5O3. The van der Waals surface area contributed by atoms with Gasteiger partial charge in [-0.1, -0.05) is 0 Å². The van der Waals surface area contributed by atoms with Crippen molar-refractivity contribution < 1.29 is 9.53 Å². The number of anilines is 1. The first-order valence-corrected chi connectivity index (χ1v) is 6.51. The molecule has 0 aliphatic heterocycles. The minimum atomic E-state index is -0.479. The van der Waals surface area contributed by atoms with Gasteiger partial charge in [0, 0.05) is 12.8 Å². The van der Waals surface area contributed by atoms with Crippen molar-refractivity contribution in [3.8, 4) is 0 Å². The summed E-state index contributed by atoms with van der Waals surface area (Å²) in [7, 11) is 0. The highest BCUT2D eigenvalue weighted by atomic mass is 35.5. The Morgan fingerprint density at radius 2 is 2.25 bits per heavy atom. The number of amides is 1. The summed E-state index contributed by atoms with van der Waals surface area (Å²) in [5, 5.41) is 2.43. The second-order valence-corrected chi connectivity index (χ2v) is 4.52. The summed E-state index contributed by atoms with van der Waals surface area (Å²) < 4.78 is 6.59. The molecule has 10 heteroatoms. The van der Waals surface area contributed by atoms with Crippen molar-refractivity contribution in [2.45, 2.75) is 13.7 Å². The zero-order valence-electron chi connectivity index (χ0n) is 10.4. The Morgan fingerprint density at radius 1 is 1.50 bits per heavy atom. The normalized spacial score (nSPS) is 10.9. The third kappa shape index (κ3) is 3.09. The van der Waals surface area contributed by atoms with E-state index in [-0.39, 0.29) is 35.0 Å². The van der Waals surface area contributed by atoms with Crippen LogP contribution >= 0.6 is 23.2 Å². The molecule has 1 amide bonds. The second kappa shape index (κ2) is 6.21. The van der Waals surface area contributed by atoms with Gasteiger partial charge in [0.2, 0.25) is 17.1 Å². The number of hydrogen-bond donors (Lipinski definition) is 2. The molecule has 0 aliphatic rings. The minimum Gasteiger partial charge on any atom is -0.359 e. The number of halogens is 2. The monoisotopic (exact) mass is 319 g/mol. The Morgan fingerprint density at radius 3 is 2.90 bits per heavy atom. The Balaban J connectivity index is 2.43. The molecule has 2 N–H and O–H groups in total. The summed E-state index contributed by atoms with van der Waals surface area (Å²) in [6.45, 7) is 1.65. The van der Waals surface area contributed by atoms with Gasteiger partial charge >= 0.3 is 0 Å². The summed E-state index contributed by atoms with van der Waals surface area (Å²) in [5.41, 5.74) is -0.191. The van der Waals surface area contributed by atoms with Crippen LogP contribution in [0, 0.1) is 0 Å². The van der Waals surface area contributed by atoms with Gasteiger partial charge in [0.05, 0.1) is 6.61 Å². The predicted octanol–water partition coefficient (Wildman–Crippen LogP) is 0.944. The van der Waals surface area contributed by atoms with Crippen LogP contribution in [-0.2, 0) is 16.3 Å². The fourth-order valence-corrected chi connectivity index (χ4v) is 1.89. The molecule has 0 atom stereocenters. The number of ether oxygens (including phenoxy) is 1. The van der Waals surface area contributed by atoms with Crippen LogP contribution in [0.3, 0.4) is 0 Å². The first-order chi connectivity index (χ1) is 9.52. The molecule has 0 saturated carbocycles. The molecule has 0 spiro atoms. The summed E-state index contributed by atoms with van der Waals surface area (Å²) in [5.74, 6) is -0.0209. The highest BCUT2D eigenvalue weighted by molar-refractivity contribution is 6.29. The van der Waals surface area contributed by atoms with E-state index in [0.29, 0.717) is 12.5 Å². The zero-order chi connectivity index (χ0) is 14.7. The van der Waals surface area contributed by atoms with E-state index in [1.165, 1.54) is 11.5 Å². The molecule has 0 aliphatic carbocycles. The van der Waals surface area contributed by atoms with Gasteiger partial charge in [-0.3, -0.25) is 24.5 Å². The lowest BCUT2D eigenvalue weighted by Gasteiger charge is -2.05. The third-order valence-electron chi connectivity index (χ3n) is 2.30. The van der Waals surface area contributed by atoms with Crippen molar-refractivity contribution in [1.82, 2.24) is 19.5 Å². The second-order valence-electron chi connectivity index (χ2n) is 3.80. The SMILES string of the molecule is CC(=O)Nc1nc2nc(Cl)n(COCCCl)c2c(=O)[nH]1. The number of nitrogens with zero attached hydrogens (tertiary/aromatic N) is 3. The van der Waals surface area contributed by atoms with Crippen LogP contribution in [0.4, 0.5) is 5.95 Å². The van der Waals surface area contributed by atoms with Gasteiger partial charge in [0.25, 0.3) is 5.56 Å². The first kappa shape index (κ1) is 14.8. The maximum atomic E-state index is 12.0. The van der Waals surface area contributed by atoms with Crippen LogP contribution in [0.2, 0.25) is 5.28 Å². The number of imidazole rings is 1. The average Bonchev–Trinajstić information content (AvgIpc) is 2.65. The molecule has 0 unspecified atom stereocenters. The van der Waals surface area contributed by atoms with E-state index in [9.17, 15) is 9.59 Å². The van der Waals surface area contributed by atoms with E-state index in [4.69, 9.17) is 27.9 Å². The Kier molecular flexibility index (Phi) is 4.58. The Labute approximate surface area is 123 Å². The van der Waals surface area contributed by atoms with Gasteiger partial charge in [-0.2, -0.15) is 9.97 Å². The Bertz CT molecular complexity index is 696. The van der Waals surface area contributed by atoms with E-state index in [1.807, 2.05) is 0 Å². The van der Waals surface area contributed by atoms with Crippen LogP contribution in [0.5, 0.6) is 0 Å². The number of carbonyl (C=O) groups is 1. The first-order valence-electron chi connectivity index (χ1n) is 5.60. The van der Waals surface area contributed by atoms with Gasteiger partial charge in [-0.05, 0) is 11.6 Å². The molecule has 0 bridgehead atoms. The van der Waals surface area contributed by atoms with Crippen molar-refractivity contribution in [1.29, 1.82) is 0 Å². The quantitative estimate of drug-likeness (QED) is 0.485. The molecule has 0 aromatic carbocycles. The lowest BCUT2D eigenvalue weighted by Crippen LogP contribution is -2.18. The van der Waals surface area contributed by atoms with Crippen molar-refractivity contribution in [2.75, 3.05) is 17.8 Å². The standard InChI is InChI=1S/C10H11Cl2N5O3/c1-5(18)13-10-15-7-6(8(19)16-10)17(9(12)14-7)4-20-3-2-11/h2-4H2,1H3,(H2,13,15,16,18,19). The number of hydrogen-bond acceptors (Lipinski definition) is 5. The summed E-state index contributed by atoms with van der Waals surface area (Å²) in [6.07, 6.45) is 0. The lowest BCUT2D eigenvalue weighted by molar-refractivity contribution is -0.114. The Hall–Kier alpha value is -1.64. The highest BCUT2D eigenvalue weighted by Crippen LogP contribution is 2.16. The van der Waals surface area contributed by atoms with Gasteiger partial charge in [0.15, 0.2) is 11.2 Å². The summed E-state index contributed by atoms with van der Waals surface area (Å²) >= 11 is 11.4. The number of rotatable bonds is 5. The molecular weight excluding hydrogens is 309 g/mol. The molecule has 2 rings (SSSR count). The minimum absolute atomic E-state index is 0.0120. The molecule has 2 aromatic rings. The van der Waals surface area contributed by atoms with Crippen LogP contribution in [0.25, 0.3) is 11.2 Å². The third-order valence-corrected chi connectivity index (χ3v) is 2.75. The topological polar surface area (TPSA) is 102 Å². The van der Waals surface area contributed by atoms with E-state index < -0.39 is 5.56 Å². The lowest BCUT2D eigenvalue weighted by atomic mass is 10.5. The van der Waals surface area contributed by atoms with Crippen molar-refractivity contribution >= 4 is 46.2 Å². The van der Waals surface area contributed by atoms with Crippen LogP contribution < -0.4 is 10.9 Å². The average molecular weight is 320 g/mol. The summed E-state index contributed by atoms with van der Waals surface area (Å²) in [6, 6.07) is 0. The fourth-order valence-electron chi connectivity index (χ4n) is 1.57. The predicted molar refractivity (Wildman–Crippen MR) is 74.1 cm³/mol. The molecule has 0 saturated heterocycles. The zero-order valence-corrected chi connectivity index (χ0v) is 12.0. The summed E-state index contributed by atoms with van der Waals surface area (Å²) in [4.78, 5) is 33.3. The highest BCUT2D eigenvalue weighted by Gasteiger charge is 2.15. The van der Waals surface area contributed by atoms with Crippen molar-refractivity contribution in [3.05, 3.63) is 15.6 Å². The largest absolute Gasteiger partial charge is 0.359 e. The van der Waals surface area contributed by atoms with Gasteiger partial charge < -0.3 is 4.74 Å².